The molecule has 0 atom stereocenters. The summed E-state index contributed by atoms with van der Waals surface area (Å²) in [5.74, 6) is 3.49. The van der Waals surface area contributed by atoms with E-state index in [0.29, 0.717) is 51.7 Å². The van der Waals surface area contributed by atoms with Crippen LogP contribution >= 0.6 is 17.2 Å². The first-order valence-electron chi connectivity index (χ1n) is 17.0. The van der Waals surface area contributed by atoms with Crippen molar-refractivity contribution in [1.29, 1.82) is 0 Å². The van der Waals surface area contributed by atoms with E-state index in [4.69, 9.17) is 50.8 Å². The number of methoxy groups -OCH3 is 5. The van der Waals surface area contributed by atoms with Crippen LogP contribution in [-0.2, 0) is 0 Å². The highest BCUT2D eigenvalue weighted by atomic mass is 31.2. The van der Waals surface area contributed by atoms with Crippen molar-refractivity contribution in [2.24, 2.45) is 0 Å². The lowest BCUT2D eigenvalue weighted by Gasteiger charge is -2.22. The van der Waals surface area contributed by atoms with Gasteiger partial charge in [-0.2, -0.15) is 0 Å². The highest BCUT2D eigenvalue weighted by molar-refractivity contribution is 7.43. The number of ketones is 1. The molecule has 0 bridgehead atoms. The van der Waals surface area contributed by atoms with E-state index in [2.05, 4.69) is 0 Å². The van der Waals surface area contributed by atoms with Gasteiger partial charge in [-0.05, 0) is 72.8 Å². The predicted octanol–water partition coefficient (Wildman–Crippen LogP) is 10.5. The van der Waals surface area contributed by atoms with Crippen molar-refractivity contribution in [2.45, 2.75) is 0 Å². The number of hydrogen-bond acceptors (Lipinski definition) is 12. The van der Waals surface area contributed by atoms with E-state index in [1.54, 1.807) is 115 Å². The largest absolute Gasteiger partial charge is 0.530 e. The SMILES string of the molecule is COc1ccc(C(=O)c2ccccc2OP(Oc2ccccc2OC)Oc2ccccc2OC)c(OP(Oc2ccccc2OC)Oc2ccccc2OC)c1. The van der Waals surface area contributed by atoms with Crippen molar-refractivity contribution in [3.05, 3.63) is 151 Å². The number of carbonyl (C=O) groups excluding carboxylic acids is 1. The molecule has 0 spiro atoms. The molecule has 0 heterocycles. The van der Waals surface area contributed by atoms with Gasteiger partial charge in [0.15, 0.2) is 46.0 Å². The van der Waals surface area contributed by atoms with E-state index in [9.17, 15) is 4.79 Å². The molecule has 14 heteroatoms. The number of benzene rings is 6. The zero-order valence-electron chi connectivity index (χ0n) is 31.1. The summed E-state index contributed by atoms with van der Waals surface area (Å²) in [7, 11) is 3.05. The molecule has 0 aliphatic heterocycles. The Kier molecular flexibility index (Phi) is 13.6. The van der Waals surface area contributed by atoms with Gasteiger partial charge in [0.25, 0.3) is 0 Å². The molecule has 6 rings (SSSR count). The molecule has 0 saturated heterocycles. The third-order valence-electron chi connectivity index (χ3n) is 7.88. The monoisotopic (exact) mass is 796 g/mol. The maximum Gasteiger partial charge on any atom is 0.530 e. The second-order valence-corrected chi connectivity index (χ2v) is 13.3. The van der Waals surface area contributed by atoms with Crippen molar-refractivity contribution in [3.63, 3.8) is 0 Å². The molecular formula is C42H38O12P2. The minimum Gasteiger partial charge on any atom is -0.497 e. The summed E-state index contributed by atoms with van der Waals surface area (Å²) in [6.07, 6.45) is 0. The molecule has 0 saturated carbocycles. The van der Waals surface area contributed by atoms with Crippen LogP contribution in [0.4, 0.5) is 0 Å². The number of ether oxygens (including phenoxy) is 5. The van der Waals surface area contributed by atoms with Gasteiger partial charge in [-0.1, -0.05) is 60.7 Å². The topological polar surface area (TPSA) is 119 Å². The number of carbonyl (C=O) groups is 1. The lowest BCUT2D eigenvalue weighted by atomic mass is 10.0. The molecule has 0 radical (unpaired) electrons. The molecule has 288 valence electrons. The van der Waals surface area contributed by atoms with Gasteiger partial charge < -0.3 is 50.8 Å². The Labute approximate surface area is 327 Å². The minimum atomic E-state index is -2.31. The average Bonchev–Trinajstić information content (AvgIpc) is 3.24. The fourth-order valence-corrected chi connectivity index (χ4v) is 7.24. The average molecular weight is 797 g/mol. The minimum absolute atomic E-state index is 0.109. The Balaban J connectivity index is 1.36. The van der Waals surface area contributed by atoms with Gasteiger partial charge in [0.2, 0.25) is 5.78 Å². The summed E-state index contributed by atoms with van der Waals surface area (Å²) in [5, 5.41) is 0. The van der Waals surface area contributed by atoms with Crippen molar-refractivity contribution >= 4 is 23.0 Å². The summed E-state index contributed by atoms with van der Waals surface area (Å²) in [6, 6.07) is 39.8. The van der Waals surface area contributed by atoms with Crippen molar-refractivity contribution in [3.8, 4) is 63.2 Å². The summed E-state index contributed by atoms with van der Waals surface area (Å²) in [5.41, 5.74) is 0.338. The second-order valence-electron chi connectivity index (χ2n) is 11.3. The normalized spacial score (nSPS) is 10.6. The summed E-state index contributed by atoms with van der Waals surface area (Å²) < 4.78 is 65.6. The smallest absolute Gasteiger partial charge is 0.497 e. The van der Waals surface area contributed by atoms with Crippen LogP contribution in [0.3, 0.4) is 0 Å². The first-order chi connectivity index (χ1) is 27.4. The number of hydrogen-bond donors (Lipinski definition) is 0. The standard InChI is InChI=1S/C42H38O12P2/c1-44-29-26-27-31(41(28-29)54-56(52-39-24-14-10-20-35(39)47-4)53-40-25-15-11-21-36(40)48-5)42(43)30-16-6-7-17-32(30)49-55(50-37-22-12-8-18-33(37)45-2)51-38-23-13-9-19-34(38)46-3/h6-28H,1-5H3. The summed E-state index contributed by atoms with van der Waals surface area (Å²) in [4.78, 5) is 14.7. The molecule has 6 aromatic carbocycles. The zero-order chi connectivity index (χ0) is 39.3. The maximum absolute atomic E-state index is 14.7. The maximum atomic E-state index is 14.7. The molecule has 0 aliphatic rings. The molecule has 0 aromatic heterocycles. The van der Waals surface area contributed by atoms with E-state index >= 15 is 0 Å². The Bertz CT molecular complexity index is 2130. The van der Waals surface area contributed by atoms with Crippen LogP contribution in [0.15, 0.2) is 140 Å². The van der Waals surface area contributed by atoms with Gasteiger partial charge in [-0.25, -0.2) is 0 Å². The van der Waals surface area contributed by atoms with Gasteiger partial charge in [0.1, 0.15) is 17.2 Å². The number of para-hydroxylation sites is 9. The van der Waals surface area contributed by atoms with Crippen LogP contribution in [0, 0.1) is 0 Å². The van der Waals surface area contributed by atoms with Crippen LogP contribution in [0.5, 0.6) is 63.2 Å². The van der Waals surface area contributed by atoms with E-state index < -0.39 is 23.0 Å². The molecule has 0 amide bonds. The zero-order valence-corrected chi connectivity index (χ0v) is 32.9. The molecule has 0 aliphatic carbocycles. The van der Waals surface area contributed by atoms with Gasteiger partial charge >= 0.3 is 17.2 Å². The fraction of sp³-hybridized carbons (Fsp3) is 0.119. The van der Waals surface area contributed by atoms with Gasteiger partial charge in [0.05, 0.1) is 46.7 Å². The third-order valence-corrected chi connectivity index (χ3v) is 9.95. The molecule has 0 N–H and O–H groups in total. The molecule has 0 fully saturated rings. The highest BCUT2D eigenvalue weighted by Crippen LogP contribution is 2.50. The lowest BCUT2D eigenvalue weighted by Crippen LogP contribution is -2.10. The van der Waals surface area contributed by atoms with E-state index in [-0.39, 0.29) is 22.6 Å². The Hall–Kier alpha value is -6.35. The molecular weight excluding hydrogens is 758 g/mol. The van der Waals surface area contributed by atoms with E-state index in [1.807, 2.05) is 24.3 Å². The van der Waals surface area contributed by atoms with Crippen LogP contribution < -0.4 is 50.8 Å². The first kappa shape index (κ1) is 39.3. The predicted molar refractivity (Wildman–Crippen MR) is 212 cm³/mol. The Morgan fingerprint density at radius 3 is 1.02 bits per heavy atom. The van der Waals surface area contributed by atoms with Crippen LogP contribution in [0.2, 0.25) is 0 Å². The van der Waals surface area contributed by atoms with E-state index in [1.165, 1.54) is 35.5 Å². The second kappa shape index (κ2) is 19.3. The Morgan fingerprint density at radius 2 is 0.643 bits per heavy atom. The van der Waals surface area contributed by atoms with Crippen LogP contribution in [0.1, 0.15) is 15.9 Å². The lowest BCUT2D eigenvalue weighted by molar-refractivity contribution is 0.103. The van der Waals surface area contributed by atoms with E-state index in [0.717, 1.165) is 0 Å². The van der Waals surface area contributed by atoms with Gasteiger partial charge in [-0.3, -0.25) is 4.79 Å². The number of rotatable bonds is 19. The Morgan fingerprint density at radius 1 is 0.339 bits per heavy atom. The molecule has 0 unspecified atom stereocenters. The van der Waals surface area contributed by atoms with Crippen molar-refractivity contribution in [1.82, 2.24) is 0 Å². The summed E-state index contributed by atoms with van der Waals surface area (Å²) in [6.45, 7) is 0. The van der Waals surface area contributed by atoms with Gasteiger partial charge in [0, 0.05) is 6.07 Å². The summed E-state index contributed by atoms with van der Waals surface area (Å²) >= 11 is 0. The fourth-order valence-electron chi connectivity index (χ4n) is 5.14. The third kappa shape index (κ3) is 9.65. The molecule has 6 aromatic rings. The van der Waals surface area contributed by atoms with Crippen molar-refractivity contribution in [2.75, 3.05) is 35.5 Å². The van der Waals surface area contributed by atoms with Crippen LogP contribution in [-0.4, -0.2) is 41.3 Å². The molecule has 12 nitrogen and oxygen atoms in total. The van der Waals surface area contributed by atoms with Crippen LogP contribution in [0.25, 0.3) is 0 Å². The highest BCUT2D eigenvalue weighted by Gasteiger charge is 2.30. The molecule has 56 heavy (non-hydrogen) atoms. The quantitative estimate of drug-likeness (QED) is 0.0573. The first-order valence-corrected chi connectivity index (χ1v) is 19.2. The van der Waals surface area contributed by atoms with Gasteiger partial charge in [-0.15, -0.1) is 0 Å². The van der Waals surface area contributed by atoms with Crippen molar-refractivity contribution < 1.29 is 55.6 Å².